The van der Waals surface area contributed by atoms with E-state index in [4.69, 9.17) is 14.2 Å². The van der Waals surface area contributed by atoms with Crippen molar-refractivity contribution in [1.82, 2.24) is 0 Å². The molecule has 0 aromatic carbocycles. The van der Waals surface area contributed by atoms with Crippen LogP contribution in [0.3, 0.4) is 0 Å². The highest BCUT2D eigenvalue weighted by Crippen LogP contribution is 2.14. The second kappa shape index (κ2) is 43.9. The summed E-state index contributed by atoms with van der Waals surface area (Å²) >= 11 is 0. The number of hydrogen-bond acceptors (Lipinski definition) is 6. The molecule has 0 aliphatic rings. The largest absolute Gasteiger partial charge is 0.477 e. The number of rotatable bonds is 42. The van der Waals surface area contributed by atoms with Gasteiger partial charge in [-0.3, -0.25) is 9.59 Å². The SMILES string of the molecule is CC/C=C/C/C=C/C/C=C/C/C=C/C/C=C/CCCCCC(=O)OCC(COCCC(C(=O)O)[N+](C)(C)C)OC(=O)CCCCCCCCCCC/C=C/C/C=C/C/C=C/CC. The Bertz CT molecular complexity index is 1330. The van der Waals surface area contributed by atoms with Gasteiger partial charge < -0.3 is 23.8 Å². The lowest BCUT2D eigenvalue weighted by atomic mass is 10.1. The average molecular weight is 865 g/mol. The molecular weight excluding hydrogens is 775 g/mol. The molecular formula is C54H90NO7+. The summed E-state index contributed by atoms with van der Waals surface area (Å²) in [6, 6.07) is -0.627. The minimum absolute atomic E-state index is 0.0422. The maximum Gasteiger partial charge on any atom is 0.362 e. The Morgan fingerprint density at radius 2 is 0.855 bits per heavy atom. The van der Waals surface area contributed by atoms with Crippen molar-refractivity contribution < 1.29 is 38.2 Å². The molecule has 0 saturated carbocycles. The number of aliphatic carboxylic acids is 1. The zero-order chi connectivity index (χ0) is 45.6. The van der Waals surface area contributed by atoms with E-state index in [9.17, 15) is 19.5 Å². The first-order valence-corrected chi connectivity index (χ1v) is 24.3. The van der Waals surface area contributed by atoms with Crippen molar-refractivity contribution in [3.05, 3.63) is 97.2 Å². The van der Waals surface area contributed by atoms with Gasteiger partial charge in [0, 0.05) is 19.3 Å². The molecule has 2 atom stereocenters. The van der Waals surface area contributed by atoms with Gasteiger partial charge in [0.2, 0.25) is 0 Å². The number of carbonyl (C=O) groups excluding carboxylic acids is 2. The fourth-order valence-electron chi connectivity index (χ4n) is 6.54. The molecule has 352 valence electrons. The molecule has 0 amide bonds. The molecule has 2 unspecified atom stereocenters. The zero-order valence-corrected chi connectivity index (χ0v) is 40.0. The molecule has 1 N–H and O–H groups in total. The number of allylic oxidation sites excluding steroid dienone is 16. The predicted molar refractivity (Wildman–Crippen MR) is 261 cm³/mol. The van der Waals surface area contributed by atoms with Gasteiger partial charge in [0.05, 0.1) is 34.4 Å². The van der Waals surface area contributed by atoms with Crippen molar-refractivity contribution in [3.63, 3.8) is 0 Å². The van der Waals surface area contributed by atoms with E-state index in [-0.39, 0.29) is 36.2 Å². The molecule has 8 heteroatoms. The molecule has 0 bridgehead atoms. The molecule has 0 heterocycles. The number of likely N-dealkylation sites (N-methyl/N-ethyl adjacent to an activating group) is 1. The molecule has 0 rings (SSSR count). The van der Waals surface area contributed by atoms with Crippen LogP contribution in [0.4, 0.5) is 0 Å². The molecule has 0 aliphatic heterocycles. The van der Waals surface area contributed by atoms with Crippen LogP contribution in [0.2, 0.25) is 0 Å². The highest BCUT2D eigenvalue weighted by molar-refractivity contribution is 5.72. The van der Waals surface area contributed by atoms with Gasteiger partial charge in [-0.15, -0.1) is 0 Å². The normalized spacial score (nSPS) is 13.8. The number of esters is 2. The lowest BCUT2D eigenvalue weighted by Gasteiger charge is -2.31. The number of quaternary nitrogens is 1. The first-order valence-electron chi connectivity index (χ1n) is 24.3. The van der Waals surface area contributed by atoms with E-state index >= 15 is 0 Å². The van der Waals surface area contributed by atoms with Gasteiger partial charge in [0.1, 0.15) is 6.61 Å². The summed E-state index contributed by atoms with van der Waals surface area (Å²) < 4.78 is 17.3. The summed E-state index contributed by atoms with van der Waals surface area (Å²) in [7, 11) is 5.51. The van der Waals surface area contributed by atoms with Crippen LogP contribution in [0.1, 0.15) is 174 Å². The molecule has 0 aliphatic carbocycles. The van der Waals surface area contributed by atoms with Crippen LogP contribution in [0.5, 0.6) is 0 Å². The summed E-state index contributed by atoms with van der Waals surface area (Å²) in [4.78, 5) is 37.1. The molecule has 0 aromatic rings. The van der Waals surface area contributed by atoms with Crippen LogP contribution >= 0.6 is 0 Å². The third kappa shape index (κ3) is 41.6. The molecule has 0 spiro atoms. The monoisotopic (exact) mass is 865 g/mol. The third-order valence-corrected chi connectivity index (χ3v) is 10.2. The van der Waals surface area contributed by atoms with Gasteiger partial charge in [-0.05, 0) is 89.9 Å². The second-order valence-electron chi connectivity index (χ2n) is 17.0. The molecule has 0 aromatic heterocycles. The fraction of sp³-hybridized carbons (Fsp3) is 0.648. The van der Waals surface area contributed by atoms with Gasteiger partial charge in [-0.2, -0.15) is 0 Å². The summed E-state index contributed by atoms with van der Waals surface area (Å²) in [5, 5.41) is 9.65. The van der Waals surface area contributed by atoms with Crippen molar-refractivity contribution in [2.24, 2.45) is 0 Å². The Kier molecular flexibility index (Phi) is 41.2. The van der Waals surface area contributed by atoms with Crippen LogP contribution < -0.4 is 0 Å². The van der Waals surface area contributed by atoms with Gasteiger partial charge in [0.25, 0.3) is 0 Å². The Morgan fingerprint density at radius 3 is 1.27 bits per heavy atom. The molecule has 0 fully saturated rings. The van der Waals surface area contributed by atoms with Gasteiger partial charge in [-0.25, -0.2) is 4.79 Å². The first kappa shape index (κ1) is 58.2. The zero-order valence-electron chi connectivity index (χ0n) is 40.0. The van der Waals surface area contributed by atoms with E-state index in [1.165, 1.54) is 38.5 Å². The van der Waals surface area contributed by atoms with Crippen molar-refractivity contribution in [2.45, 2.75) is 187 Å². The first-order chi connectivity index (χ1) is 30.1. The number of carboxylic acids is 1. The molecule has 0 radical (unpaired) electrons. The highest BCUT2D eigenvalue weighted by Gasteiger charge is 2.31. The lowest BCUT2D eigenvalue weighted by Crippen LogP contribution is -2.50. The maximum absolute atomic E-state index is 12.8. The standard InChI is InChI=1S/C54H89NO7/c1-6-8-10-12-14-16-18-20-22-24-26-28-30-32-34-36-38-40-42-44-52(56)61-49-50(48-60-47-46-51(54(58)59)55(3,4)5)62-53(57)45-43-41-39-37-35-33-31-29-27-25-23-21-19-17-15-13-11-9-7-2/h8-11,14-17,20-23,26,28,32,34,50-51H,6-7,12-13,18-19,24-25,27,29-31,33,35-49H2,1-5H3/p+1/b10-8+,11-9+,16-14+,17-15+,22-20+,23-21+,28-26+,34-32+. The van der Waals surface area contributed by atoms with Gasteiger partial charge >= 0.3 is 17.9 Å². The molecule has 62 heavy (non-hydrogen) atoms. The van der Waals surface area contributed by atoms with E-state index in [2.05, 4.69) is 111 Å². The molecule has 8 nitrogen and oxygen atoms in total. The fourth-order valence-corrected chi connectivity index (χ4v) is 6.54. The molecule has 0 saturated heterocycles. The average Bonchev–Trinajstić information content (AvgIpc) is 3.23. The second-order valence-corrected chi connectivity index (χ2v) is 17.0. The topological polar surface area (TPSA) is 99.1 Å². The quantitative estimate of drug-likeness (QED) is 0.0282. The van der Waals surface area contributed by atoms with Gasteiger partial charge in [-0.1, -0.05) is 162 Å². The number of ether oxygens (including phenoxy) is 3. The van der Waals surface area contributed by atoms with Crippen molar-refractivity contribution in [3.8, 4) is 0 Å². The van der Waals surface area contributed by atoms with Crippen LogP contribution in [0.25, 0.3) is 0 Å². The van der Waals surface area contributed by atoms with Gasteiger partial charge in [0.15, 0.2) is 12.1 Å². The predicted octanol–water partition coefficient (Wildman–Crippen LogP) is 13.9. The van der Waals surface area contributed by atoms with Crippen molar-refractivity contribution in [1.29, 1.82) is 0 Å². The summed E-state index contributed by atoms with van der Waals surface area (Å²) in [5.41, 5.74) is 0. The Morgan fingerprint density at radius 1 is 0.484 bits per heavy atom. The van der Waals surface area contributed by atoms with E-state index in [0.717, 1.165) is 103 Å². The van der Waals surface area contributed by atoms with Crippen molar-refractivity contribution >= 4 is 17.9 Å². The van der Waals surface area contributed by atoms with Crippen LogP contribution in [-0.2, 0) is 28.6 Å². The summed E-state index contributed by atoms with van der Waals surface area (Å²) in [6.07, 6.45) is 58.8. The minimum atomic E-state index is -0.884. The Balaban J connectivity index is 4.37. The summed E-state index contributed by atoms with van der Waals surface area (Å²) in [6.45, 7) is 4.46. The number of unbranched alkanes of at least 4 members (excludes halogenated alkanes) is 12. The minimum Gasteiger partial charge on any atom is -0.477 e. The third-order valence-electron chi connectivity index (χ3n) is 10.2. The van der Waals surface area contributed by atoms with Crippen molar-refractivity contribution in [2.75, 3.05) is 41.0 Å². The maximum atomic E-state index is 12.8. The number of hydrogen-bond donors (Lipinski definition) is 1. The highest BCUT2D eigenvalue weighted by atomic mass is 16.6. The summed E-state index contributed by atoms with van der Waals surface area (Å²) in [5.74, 6) is -1.53. The lowest BCUT2D eigenvalue weighted by molar-refractivity contribution is -0.887. The van der Waals surface area contributed by atoms with E-state index in [1.54, 1.807) is 0 Å². The van der Waals surface area contributed by atoms with Crippen LogP contribution in [0.15, 0.2) is 97.2 Å². The van der Waals surface area contributed by atoms with Crippen LogP contribution in [0, 0.1) is 0 Å². The smallest absolute Gasteiger partial charge is 0.362 e. The Labute approximate surface area is 379 Å². The van der Waals surface area contributed by atoms with E-state index in [1.807, 2.05) is 21.1 Å². The van der Waals surface area contributed by atoms with Crippen LogP contribution in [-0.4, -0.2) is 80.6 Å². The number of carboxylic acid groups (broad SMARTS) is 1. The number of nitrogens with zero attached hydrogens (tertiary/aromatic N) is 1. The van der Waals surface area contributed by atoms with E-state index < -0.39 is 18.1 Å². The number of carbonyl (C=O) groups is 3. The Hall–Kier alpha value is -3.75. The van der Waals surface area contributed by atoms with E-state index in [0.29, 0.717) is 19.3 Å².